The average Bonchev–Trinajstić information content (AvgIpc) is 2.27. The quantitative estimate of drug-likeness (QED) is 0.779. The summed E-state index contributed by atoms with van der Waals surface area (Å²) in [5.74, 6) is 0.165. The van der Waals surface area contributed by atoms with E-state index in [0.29, 0.717) is 6.61 Å². The molecule has 0 aromatic heterocycles. The zero-order chi connectivity index (χ0) is 13.8. The standard InChI is InChI=1S/C13H27N3O2/c1-13(2,3)18-9-8-16-7-6-14-10-11(16)12(17)15(4)5/h11,14H,6-10H2,1-5H3. The largest absolute Gasteiger partial charge is 0.375 e. The number of amides is 1. The fourth-order valence-electron chi connectivity index (χ4n) is 2.02. The summed E-state index contributed by atoms with van der Waals surface area (Å²) >= 11 is 0. The Labute approximate surface area is 110 Å². The minimum atomic E-state index is -0.116. The molecule has 1 amide bonds. The first-order valence-corrected chi connectivity index (χ1v) is 6.61. The van der Waals surface area contributed by atoms with Crippen molar-refractivity contribution in [2.75, 3.05) is 46.9 Å². The van der Waals surface area contributed by atoms with Gasteiger partial charge in [0, 0.05) is 40.3 Å². The molecule has 5 nitrogen and oxygen atoms in total. The number of likely N-dealkylation sites (N-methyl/N-ethyl adjacent to an activating group) is 1. The van der Waals surface area contributed by atoms with Gasteiger partial charge in [0.1, 0.15) is 6.04 Å². The van der Waals surface area contributed by atoms with Crippen LogP contribution >= 0.6 is 0 Å². The van der Waals surface area contributed by atoms with Crippen LogP contribution in [0.25, 0.3) is 0 Å². The second kappa shape index (κ2) is 6.50. The lowest BCUT2D eigenvalue weighted by molar-refractivity contribution is -0.135. The predicted octanol–water partition coefficient (Wildman–Crippen LogP) is 0.164. The Morgan fingerprint density at radius 3 is 2.67 bits per heavy atom. The van der Waals surface area contributed by atoms with E-state index in [1.54, 1.807) is 19.0 Å². The topological polar surface area (TPSA) is 44.8 Å². The van der Waals surface area contributed by atoms with Gasteiger partial charge in [-0.25, -0.2) is 0 Å². The van der Waals surface area contributed by atoms with Crippen LogP contribution < -0.4 is 5.32 Å². The molecule has 1 N–H and O–H groups in total. The summed E-state index contributed by atoms with van der Waals surface area (Å²) in [6, 6.07) is -0.0580. The highest BCUT2D eigenvalue weighted by Crippen LogP contribution is 2.09. The molecule has 0 aliphatic carbocycles. The van der Waals surface area contributed by atoms with E-state index in [2.05, 4.69) is 10.2 Å². The van der Waals surface area contributed by atoms with Crippen molar-refractivity contribution >= 4 is 5.91 Å². The summed E-state index contributed by atoms with van der Waals surface area (Å²) in [5.41, 5.74) is -0.116. The Bertz CT molecular complexity index is 274. The van der Waals surface area contributed by atoms with Gasteiger partial charge in [0.15, 0.2) is 0 Å². The van der Waals surface area contributed by atoms with Gasteiger partial charge in [0.2, 0.25) is 5.91 Å². The molecule has 0 spiro atoms. The zero-order valence-corrected chi connectivity index (χ0v) is 12.3. The Morgan fingerprint density at radius 2 is 2.11 bits per heavy atom. The van der Waals surface area contributed by atoms with E-state index >= 15 is 0 Å². The van der Waals surface area contributed by atoms with Crippen molar-refractivity contribution in [3.05, 3.63) is 0 Å². The molecule has 18 heavy (non-hydrogen) atoms. The fourth-order valence-corrected chi connectivity index (χ4v) is 2.02. The molecule has 5 heteroatoms. The van der Waals surface area contributed by atoms with Crippen LogP contribution in [0.5, 0.6) is 0 Å². The summed E-state index contributed by atoms with van der Waals surface area (Å²) < 4.78 is 5.73. The van der Waals surface area contributed by atoms with E-state index in [0.717, 1.165) is 26.2 Å². The molecule has 106 valence electrons. The van der Waals surface area contributed by atoms with Crippen LogP contribution in [-0.2, 0) is 9.53 Å². The lowest BCUT2D eigenvalue weighted by Crippen LogP contribution is -2.58. The molecule has 0 aromatic rings. The third-order valence-corrected chi connectivity index (χ3v) is 2.99. The van der Waals surface area contributed by atoms with Crippen LogP contribution in [0, 0.1) is 0 Å². The molecular weight excluding hydrogens is 230 g/mol. The molecule has 1 saturated heterocycles. The number of rotatable bonds is 4. The van der Waals surface area contributed by atoms with Crippen molar-refractivity contribution in [1.82, 2.24) is 15.1 Å². The minimum Gasteiger partial charge on any atom is -0.375 e. The Morgan fingerprint density at radius 1 is 1.44 bits per heavy atom. The smallest absolute Gasteiger partial charge is 0.240 e. The Kier molecular flexibility index (Phi) is 5.56. The zero-order valence-electron chi connectivity index (χ0n) is 12.3. The molecule has 1 aliphatic heterocycles. The molecule has 1 fully saturated rings. The van der Waals surface area contributed by atoms with Gasteiger partial charge in [-0.3, -0.25) is 9.69 Å². The van der Waals surface area contributed by atoms with Gasteiger partial charge < -0.3 is 15.0 Å². The molecule has 1 aliphatic rings. The molecule has 1 rings (SSSR count). The number of hydrogen-bond acceptors (Lipinski definition) is 4. The van der Waals surface area contributed by atoms with Crippen molar-refractivity contribution in [3.63, 3.8) is 0 Å². The molecule has 0 radical (unpaired) electrons. The van der Waals surface area contributed by atoms with E-state index in [4.69, 9.17) is 4.74 Å². The second-order valence-corrected chi connectivity index (χ2v) is 5.95. The van der Waals surface area contributed by atoms with Crippen LogP contribution in [0.4, 0.5) is 0 Å². The maximum atomic E-state index is 12.1. The highest BCUT2D eigenvalue weighted by Gasteiger charge is 2.29. The number of hydrogen-bond donors (Lipinski definition) is 1. The summed E-state index contributed by atoms with van der Waals surface area (Å²) in [6.45, 7) is 10.2. The summed E-state index contributed by atoms with van der Waals surface area (Å²) in [5, 5.41) is 3.28. The van der Waals surface area contributed by atoms with Crippen LogP contribution in [0.1, 0.15) is 20.8 Å². The molecule has 1 atom stereocenters. The van der Waals surface area contributed by atoms with Crippen molar-refractivity contribution in [2.24, 2.45) is 0 Å². The third-order valence-electron chi connectivity index (χ3n) is 2.99. The average molecular weight is 257 g/mol. The van der Waals surface area contributed by atoms with Crippen molar-refractivity contribution in [3.8, 4) is 0 Å². The lowest BCUT2D eigenvalue weighted by atomic mass is 10.1. The lowest BCUT2D eigenvalue weighted by Gasteiger charge is -2.36. The number of nitrogens with zero attached hydrogens (tertiary/aromatic N) is 2. The molecule has 0 aromatic carbocycles. The van der Waals surface area contributed by atoms with Crippen LogP contribution in [0.2, 0.25) is 0 Å². The fraction of sp³-hybridized carbons (Fsp3) is 0.923. The molecular formula is C13H27N3O2. The summed E-state index contributed by atoms with van der Waals surface area (Å²) in [6.07, 6.45) is 0. The van der Waals surface area contributed by atoms with E-state index in [9.17, 15) is 4.79 Å². The predicted molar refractivity (Wildman–Crippen MR) is 72.6 cm³/mol. The number of carbonyl (C=O) groups is 1. The SMILES string of the molecule is CN(C)C(=O)C1CNCCN1CCOC(C)(C)C. The van der Waals surface area contributed by atoms with Crippen molar-refractivity contribution in [2.45, 2.75) is 32.4 Å². The minimum absolute atomic E-state index is 0.0580. The highest BCUT2D eigenvalue weighted by molar-refractivity contribution is 5.81. The summed E-state index contributed by atoms with van der Waals surface area (Å²) in [7, 11) is 3.61. The van der Waals surface area contributed by atoms with Gasteiger partial charge in [0.05, 0.1) is 12.2 Å². The van der Waals surface area contributed by atoms with Crippen LogP contribution in [0.3, 0.4) is 0 Å². The monoisotopic (exact) mass is 257 g/mol. The van der Waals surface area contributed by atoms with Gasteiger partial charge in [-0.2, -0.15) is 0 Å². The molecule has 1 unspecified atom stereocenters. The highest BCUT2D eigenvalue weighted by atomic mass is 16.5. The third kappa shape index (κ3) is 4.92. The summed E-state index contributed by atoms with van der Waals surface area (Å²) in [4.78, 5) is 15.9. The molecule has 1 heterocycles. The number of ether oxygens (including phenoxy) is 1. The van der Waals surface area contributed by atoms with Crippen LogP contribution in [-0.4, -0.2) is 74.2 Å². The second-order valence-electron chi connectivity index (χ2n) is 5.95. The van der Waals surface area contributed by atoms with Gasteiger partial charge in [0.25, 0.3) is 0 Å². The first-order valence-electron chi connectivity index (χ1n) is 6.61. The van der Waals surface area contributed by atoms with Gasteiger partial charge in [-0.15, -0.1) is 0 Å². The van der Waals surface area contributed by atoms with E-state index < -0.39 is 0 Å². The van der Waals surface area contributed by atoms with Crippen molar-refractivity contribution in [1.29, 1.82) is 0 Å². The molecule has 0 saturated carbocycles. The van der Waals surface area contributed by atoms with Gasteiger partial charge in [-0.05, 0) is 20.8 Å². The Balaban J connectivity index is 2.47. The van der Waals surface area contributed by atoms with Gasteiger partial charge in [-0.1, -0.05) is 0 Å². The molecule has 0 bridgehead atoms. The maximum Gasteiger partial charge on any atom is 0.240 e. The maximum absolute atomic E-state index is 12.1. The number of piperazine rings is 1. The van der Waals surface area contributed by atoms with Crippen molar-refractivity contribution < 1.29 is 9.53 Å². The van der Waals surface area contributed by atoms with Crippen LogP contribution in [0.15, 0.2) is 0 Å². The van der Waals surface area contributed by atoms with E-state index in [-0.39, 0.29) is 17.6 Å². The normalized spacial score (nSPS) is 21.9. The Hall–Kier alpha value is -0.650. The van der Waals surface area contributed by atoms with E-state index in [1.807, 2.05) is 20.8 Å². The van der Waals surface area contributed by atoms with E-state index in [1.165, 1.54) is 0 Å². The first-order chi connectivity index (χ1) is 8.31. The first kappa shape index (κ1) is 15.4. The number of nitrogens with one attached hydrogen (secondary N) is 1. The number of carbonyl (C=O) groups excluding carboxylic acids is 1. The van der Waals surface area contributed by atoms with Gasteiger partial charge >= 0.3 is 0 Å².